The van der Waals surface area contributed by atoms with Crippen molar-refractivity contribution in [2.45, 2.75) is 27.2 Å². The van der Waals surface area contributed by atoms with E-state index in [1.807, 2.05) is 6.20 Å². The Bertz CT molecular complexity index is 184. The minimum Gasteiger partial charge on any atom is -0.372 e. The highest BCUT2D eigenvalue weighted by atomic mass is 15.0. The lowest BCUT2D eigenvalue weighted by Gasteiger charge is -2.19. The number of nitrogens with zero attached hydrogens (tertiary/aromatic N) is 1. The minimum absolute atomic E-state index is 0.348. The summed E-state index contributed by atoms with van der Waals surface area (Å²) in [5.41, 5.74) is 1.55. The molecule has 1 aliphatic heterocycles. The van der Waals surface area contributed by atoms with Crippen molar-refractivity contribution >= 4 is 5.71 Å². The summed E-state index contributed by atoms with van der Waals surface area (Å²) in [4.78, 5) is 4.33. The van der Waals surface area contributed by atoms with Crippen LogP contribution in [-0.2, 0) is 0 Å². The monoisotopic (exact) mass is 152 g/mol. The van der Waals surface area contributed by atoms with Gasteiger partial charge in [0.1, 0.15) is 6.67 Å². The molecule has 0 saturated heterocycles. The molecule has 1 heterocycles. The number of allylic oxidation sites excluding steroid dienone is 1. The standard InChI is InChI=1S/C9H16N2/c1-9(2,3)6-8-4-5-10-7-11-8/h4-5,10H,6-7H2,1-3H3. The van der Waals surface area contributed by atoms with Gasteiger partial charge in [-0.2, -0.15) is 0 Å². The molecule has 0 radical (unpaired) electrons. The van der Waals surface area contributed by atoms with Gasteiger partial charge in [0.25, 0.3) is 0 Å². The van der Waals surface area contributed by atoms with Gasteiger partial charge in [-0.1, -0.05) is 20.8 Å². The molecule has 0 aromatic carbocycles. The molecule has 1 N–H and O–H groups in total. The van der Waals surface area contributed by atoms with Crippen LogP contribution < -0.4 is 5.32 Å². The third kappa shape index (κ3) is 3.21. The summed E-state index contributed by atoms with van der Waals surface area (Å²) >= 11 is 0. The number of nitrogens with one attached hydrogen (secondary N) is 1. The van der Waals surface area contributed by atoms with Crippen molar-refractivity contribution in [3.8, 4) is 0 Å². The summed E-state index contributed by atoms with van der Waals surface area (Å²) in [5, 5.41) is 3.03. The van der Waals surface area contributed by atoms with E-state index in [-0.39, 0.29) is 0 Å². The van der Waals surface area contributed by atoms with Crippen LogP contribution in [0.3, 0.4) is 0 Å². The average molecular weight is 152 g/mol. The van der Waals surface area contributed by atoms with Crippen LogP contribution in [0.1, 0.15) is 27.2 Å². The Morgan fingerprint density at radius 2 is 2.27 bits per heavy atom. The predicted molar refractivity (Wildman–Crippen MR) is 48.6 cm³/mol. The van der Waals surface area contributed by atoms with E-state index < -0.39 is 0 Å². The maximum absolute atomic E-state index is 4.33. The number of hydrogen-bond acceptors (Lipinski definition) is 2. The first kappa shape index (κ1) is 8.31. The molecule has 0 aromatic heterocycles. The van der Waals surface area contributed by atoms with E-state index in [2.05, 4.69) is 37.2 Å². The number of rotatable bonds is 1. The van der Waals surface area contributed by atoms with Crippen molar-refractivity contribution in [2.75, 3.05) is 6.67 Å². The van der Waals surface area contributed by atoms with E-state index in [0.29, 0.717) is 5.41 Å². The van der Waals surface area contributed by atoms with E-state index in [4.69, 9.17) is 0 Å². The van der Waals surface area contributed by atoms with Gasteiger partial charge in [0.2, 0.25) is 0 Å². The summed E-state index contributed by atoms with van der Waals surface area (Å²) in [6.07, 6.45) is 5.08. The first-order valence-electron chi connectivity index (χ1n) is 4.01. The average Bonchev–Trinajstić information content (AvgIpc) is 1.85. The molecule has 2 nitrogen and oxygen atoms in total. The number of aliphatic imine (C=N–C) groups is 1. The third-order valence-electron chi connectivity index (χ3n) is 1.48. The largest absolute Gasteiger partial charge is 0.372 e. The Morgan fingerprint density at radius 1 is 1.55 bits per heavy atom. The van der Waals surface area contributed by atoms with Crippen molar-refractivity contribution in [3.63, 3.8) is 0 Å². The molecule has 0 atom stereocenters. The van der Waals surface area contributed by atoms with Gasteiger partial charge in [0, 0.05) is 5.71 Å². The summed E-state index contributed by atoms with van der Waals surface area (Å²) in [6, 6.07) is 0. The summed E-state index contributed by atoms with van der Waals surface area (Å²) in [7, 11) is 0. The smallest absolute Gasteiger partial charge is 0.107 e. The molecule has 0 unspecified atom stereocenters. The first-order valence-corrected chi connectivity index (χ1v) is 4.01. The number of hydrogen-bond donors (Lipinski definition) is 1. The van der Waals surface area contributed by atoms with Crippen molar-refractivity contribution < 1.29 is 0 Å². The fraction of sp³-hybridized carbons (Fsp3) is 0.667. The van der Waals surface area contributed by atoms with Crippen LogP contribution in [0.25, 0.3) is 0 Å². The van der Waals surface area contributed by atoms with Gasteiger partial charge in [-0.3, -0.25) is 4.99 Å². The zero-order chi connectivity index (χ0) is 8.32. The molecule has 0 saturated carbocycles. The molecular weight excluding hydrogens is 136 g/mol. The molecule has 0 aliphatic carbocycles. The molecule has 0 fully saturated rings. The quantitative estimate of drug-likeness (QED) is 0.610. The Kier molecular flexibility index (Phi) is 2.32. The maximum Gasteiger partial charge on any atom is 0.107 e. The topological polar surface area (TPSA) is 24.4 Å². The molecule has 62 valence electrons. The van der Waals surface area contributed by atoms with E-state index in [0.717, 1.165) is 13.1 Å². The third-order valence-corrected chi connectivity index (χ3v) is 1.48. The molecule has 11 heavy (non-hydrogen) atoms. The van der Waals surface area contributed by atoms with Gasteiger partial charge in [-0.05, 0) is 24.1 Å². The van der Waals surface area contributed by atoms with Gasteiger partial charge >= 0.3 is 0 Å². The van der Waals surface area contributed by atoms with Gasteiger partial charge < -0.3 is 5.32 Å². The van der Waals surface area contributed by atoms with Gasteiger partial charge in [-0.25, -0.2) is 0 Å². The van der Waals surface area contributed by atoms with E-state index in [9.17, 15) is 0 Å². The zero-order valence-corrected chi connectivity index (χ0v) is 7.52. The lowest BCUT2D eigenvalue weighted by atomic mass is 9.89. The Labute approximate surface area is 68.4 Å². The highest BCUT2D eigenvalue weighted by Gasteiger charge is 2.13. The highest BCUT2D eigenvalue weighted by molar-refractivity contribution is 5.95. The van der Waals surface area contributed by atoms with Crippen LogP contribution in [0.2, 0.25) is 0 Å². The molecule has 1 rings (SSSR count). The zero-order valence-electron chi connectivity index (χ0n) is 7.52. The van der Waals surface area contributed by atoms with Crippen LogP contribution in [0.15, 0.2) is 17.3 Å². The van der Waals surface area contributed by atoms with E-state index >= 15 is 0 Å². The lowest BCUT2D eigenvalue weighted by molar-refractivity contribution is 0.433. The summed E-state index contributed by atoms with van der Waals surface area (Å²) < 4.78 is 0. The predicted octanol–water partition coefficient (Wildman–Crippen LogP) is 1.94. The minimum atomic E-state index is 0.348. The van der Waals surface area contributed by atoms with Crippen LogP contribution >= 0.6 is 0 Å². The fourth-order valence-corrected chi connectivity index (χ4v) is 1.07. The second-order valence-corrected chi connectivity index (χ2v) is 4.08. The Hall–Kier alpha value is -0.790. The Morgan fingerprint density at radius 3 is 2.73 bits per heavy atom. The van der Waals surface area contributed by atoms with Gasteiger partial charge in [-0.15, -0.1) is 0 Å². The highest BCUT2D eigenvalue weighted by Crippen LogP contribution is 2.19. The molecule has 0 spiro atoms. The molecule has 0 aromatic rings. The SMILES string of the molecule is CC(C)(C)CC1=NCNC=C1. The van der Waals surface area contributed by atoms with Crippen LogP contribution in [-0.4, -0.2) is 12.4 Å². The van der Waals surface area contributed by atoms with Crippen molar-refractivity contribution in [2.24, 2.45) is 10.4 Å². The maximum atomic E-state index is 4.33. The first-order chi connectivity index (χ1) is 5.08. The van der Waals surface area contributed by atoms with E-state index in [1.54, 1.807) is 0 Å². The second-order valence-electron chi connectivity index (χ2n) is 4.08. The van der Waals surface area contributed by atoms with Crippen molar-refractivity contribution in [3.05, 3.63) is 12.3 Å². The normalized spacial score (nSPS) is 17.5. The van der Waals surface area contributed by atoms with Crippen LogP contribution in [0, 0.1) is 5.41 Å². The van der Waals surface area contributed by atoms with Gasteiger partial charge in [0.15, 0.2) is 0 Å². The van der Waals surface area contributed by atoms with Gasteiger partial charge in [0.05, 0.1) is 0 Å². The van der Waals surface area contributed by atoms with E-state index in [1.165, 1.54) is 5.71 Å². The summed E-state index contributed by atoms with van der Waals surface area (Å²) in [5.74, 6) is 0. The Balaban J connectivity index is 2.49. The second kappa shape index (κ2) is 3.07. The lowest BCUT2D eigenvalue weighted by Crippen LogP contribution is -2.18. The van der Waals surface area contributed by atoms with Crippen LogP contribution in [0.4, 0.5) is 0 Å². The molecule has 2 heteroatoms. The van der Waals surface area contributed by atoms with Crippen LogP contribution in [0.5, 0.6) is 0 Å². The molecular formula is C9H16N2. The summed E-state index contributed by atoms with van der Waals surface area (Å²) in [6.45, 7) is 7.42. The molecule has 1 aliphatic rings. The molecule has 0 amide bonds. The fourth-order valence-electron chi connectivity index (χ4n) is 1.07. The molecule has 0 bridgehead atoms. The van der Waals surface area contributed by atoms with Crippen molar-refractivity contribution in [1.82, 2.24) is 5.32 Å². The van der Waals surface area contributed by atoms with Crippen molar-refractivity contribution in [1.29, 1.82) is 0 Å².